The van der Waals surface area contributed by atoms with Crippen LogP contribution in [0.2, 0.25) is 8.67 Å². The standard InChI is InChI=1S/C8H5Cl2NOS/c1-4(3-11)7(12)5-2-6(9)13-8(5)10/h2,4H,1H3. The summed E-state index contributed by atoms with van der Waals surface area (Å²) in [5, 5.41) is 8.52. The van der Waals surface area contributed by atoms with E-state index in [1.165, 1.54) is 13.0 Å². The summed E-state index contributed by atoms with van der Waals surface area (Å²) in [7, 11) is 0. The molecule has 2 nitrogen and oxygen atoms in total. The van der Waals surface area contributed by atoms with E-state index in [-0.39, 0.29) is 5.78 Å². The van der Waals surface area contributed by atoms with Crippen LogP contribution in [0.1, 0.15) is 17.3 Å². The van der Waals surface area contributed by atoms with Gasteiger partial charge < -0.3 is 0 Å². The second-order valence-corrected chi connectivity index (χ2v) is 4.74. The highest BCUT2D eigenvalue weighted by molar-refractivity contribution is 7.20. The second kappa shape index (κ2) is 4.10. The van der Waals surface area contributed by atoms with Crippen molar-refractivity contribution in [3.63, 3.8) is 0 Å². The topological polar surface area (TPSA) is 40.9 Å². The third-order valence-corrected chi connectivity index (χ3v) is 3.00. The molecule has 1 heterocycles. The fraction of sp³-hybridized carbons (Fsp3) is 0.250. The zero-order valence-electron chi connectivity index (χ0n) is 6.67. The number of Topliss-reactive ketones (excluding diaryl/α,β-unsaturated/α-hetero) is 1. The third kappa shape index (κ3) is 2.22. The van der Waals surface area contributed by atoms with E-state index in [0.717, 1.165) is 11.3 Å². The first-order chi connectivity index (χ1) is 6.06. The zero-order valence-corrected chi connectivity index (χ0v) is 9.00. The molecule has 13 heavy (non-hydrogen) atoms. The SMILES string of the molecule is CC(C#N)C(=O)c1cc(Cl)sc1Cl. The normalized spacial score (nSPS) is 12.2. The van der Waals surface area contributed by atoms with E-state index in [4.69, 9.17) is 28.5 Å². The smallest absolute Gasteiger partial charge is 0.182 e. The van der Waals surface area contributed by atoms with E-state index >= 15 is 0 Å². The van der Waals surface area contributed by atoms with Crippen LogP contribution in [0.3, 0.4) is 0 Å². The van der Waals surface area contributed by atoms with E-state index in [9.17, 15) is 4.79 Å². The highest BCUT2D eigenvalue weighted by Crippen LogP contribution is 2.32. The Kier molecular flexibility index (Phi) is 3.32. The minimum atomic E-state index is -0.678. The van der Waals surface area contributed by atoms with Gasteiger partial charge in [-0.2, -0.15) is 5.26 Å². The number of carbonyl (C=O) groups is 1. The Bertz CT molecular complexity index is 380. The van der Waals surface area contributed by atoms with Gasteiger partial charge in [0.1, 0.15) is 10.3 Å². The highest BCUT2D eigenvalue weighted by Gasteiger charge is 2.19. The van der Waals surface area contributed by atoms with E-state index in [1.807, 2.05) is 6.07 Å². The first-order valence-corrected chi connectivity index (χ1v) is 5.02. The number of hydrogen-bond donors (Lipinski definition) is 0. The Labute approximate surface area is 89.7 Å². The molecule has 1 rings (SSSR count). The Morgan fingerprint density at radius 1 is 1.69 bits per heavy atom. The summed E-state index contributed by atoms with van der Waals surface area (Å²) in [5.41, 5.74) is 0.339. The van der Waals surface area contributed by atoms with Crippen LogP contribution in [0.5, 0.6) is 0 Å². The van der Waals surface area contributed by atoms with Crippen molar-refractivity contribution in [2.24, 2.45) is 5.92 Å². The lowest BCUT2D eigenvalue weighted by Gasteiger charge is -1.98. The van der Waals surface area contributed by atoms with Gasteiger partial charge in [0.05, 0.1) is 16.0 Å². The van der Waals surface area contributed by atoms with Crippen molar-refractivity contribution in [1.29, 1.82) is 5.26 Å². The molecule has 1 aromatic rings. The Morgan fingerprint density at radius 2 is 2.31 bits per heavy atom. The number of ketones is 1. The average molecular weight is 234 g/mol. The lowest BCUT2D eigenvalue weighted by atomic mass is 10.0. The number of halogens is 2. The van der Waals surface area contributed by atoms with Crippen LogP contribution in [-0.2, 0) is 0 Å². The quantitative estimate of drug-likeness (QED) is 0.735. The van der Waals surface area contributed by atoms with Crippen LogP contribution in [0.15, 0.2) is 6.07 Å². The van der Waals surface area contributed by atoms with Crippen LogP contribution in [0.25, 0.3) is 0 Å². The van der Waals surface area contributed by atoms with Crippen LogP contribution < -0.4 is 0 Å². The molecule has 0 spiro atoms. The van der Waals surface area contributed by atoms with Gasteiger partial charge in [-0.05, 0) is 13.0 Å². The number of rotatable bonds is 2. The number of thiophene rings is 1. The van der Waals surface area contributed by atoms with E-state index in [2.05, 4.69) is 0 Å². The van der Waals surface area contributed by atoms with Gasteiger partial charge in [0.25, 0.3) is 0 Å². The van der Waals surface area contributed by atoms with Crippen LogP contribution >= 0.6 is 34.5 Å². The molecule has 0 N–H and O–H groups in total. The molecule has 0 saturated carbocycles. The predicted molar refractivity (Wildman–Crippen MR) is 53.4 cm³/mol. The van der Waals surface area contributed by atoms with Gasteiger partial charge in [-0.25, -0.2) is 0 Å². The summed E-state index contributed by atoms with van der Waals surface area (Å²) in [4.78, 5) is 11.5. The Morgan fingerprint density at radius 3 is 2.69 bits per heavy atom. The average Bonchev–Trinajstić information content (AvgIpc) is 2.42. The van der Waals surface area contributed by atoms with Crippen molar-refractivity contribution < 1.29 is 4.79 Å². The van der Waals surface area contributed by atoms with E-state index < -0.39 is 5.92 Å². The van der Waals surface area contributed by atoms with Crippen molar-refractivity contribution in [1.82, 2.24) is 0 Å². The number of carbonyl (C=O) groups excluding carboxylic acids is 1. The number of nitriles is 1. The molecule has 0 aliphatic carbocycles. The first-order valence-electron chi connectivity index (χ1n) is 3.45. The molecular weight excluding hydrogens is 229 g/mol. The molecule has 0 amide bonds. The maximum atomic E-state index is 11.5. The maximum absolute atomic E-state index is 11.5. The van der Waals surface area contributed by atoms with Gasteiger partial charge in [0.2, 0.25) is 0 Å². The summed E-state index contributed by atoms with van der Waals surface area (Å²) in [6.45, 7) is 1.53. The molecule has 0 bridgehead atoms. The molecule has 0 aliphatic heterocycles. The predicted octanol–water partition coefficient (Wildman–Crippen LogP) is 3.40. The molecular formula is C8H5Cl2NOS. The summed E-state index contributed by atoms with van der Waals surface area (Å²) in [6, 6.07) is 3.34. The van der Waals surface area contributed by atoms with Crippen molar-refractivity contribution in [3.05, 3.63) is 20.3 Å². The van der Waals surface area contributed by atoms with Gasteiger partial charge in [-0.3, -0.25) is 4.79 Å². The molecule has 0 aromatic carbocycles. The fourth-order valence-electron chi connectivity index (χ4n) is 0.800. The van der Waals surface area contributed by atoms with Crippen molar-refractivity contribution >= 4 is 40.3 Å². The fourth-order valence-corrected chi connectivity index (χ4v) is 2.27. The van der Waals surface area contributed by atoms with Gasteiger partial charge in [0, 0.05) is 0 Å². The van der Waals surface area contributed by atoms with Gasteiger partial charge >= 0.3 is 0 Å². The molecule has 0 aliphatic rings. The molecule has 5 heteroatoms. The molecule has 1 atom stereocenters. The minimum absolute atomic E-state index is 0.282. The summed E-state index contributed by atoms with van der Waals surface area (Å²) < 4.78 is 0.801. The largest absolute Gasteiger partial charge is 0.293 e. The summed E-state index contributed by atoms with van der Waals surface area (Å²) in [6.07, 6.45) is 0. The molecule has 68 valence electrons. The minimum Gasteiger partial charge on any atom is -0.293 e. The lowest BCUT2D eigenvalue weighted by molar-refractivity contribution is 0.0957. The molecule has 0 fully saturated rings. The van der Waals surface area contributed by atoms with Crippen LogP contribution in [0.4, 0.5) is 0 Å². The van der Waals surface area contributed by atoms with Gasteiger partial charge in [0.15, 0.2) is 5.78 Å². The van der Waals surface area contributed by atoms with E-state index in [1.54, 1.807) is 0 Å². The zero-order chi connectivity index (χ0) is 10.0. The molecule has 1 aromatic heterocycles. The Hall–Kier alpha value is -0.560. The monoisotopic (exact) mass is 233 g/mol. The van der Waals surface area contributed by atoms with Crippen molar-refractivity contribution in [3.8, 4) is 6.07 Å². The number of nitrogens with zero attached hydrogens (tertiary/aromatic N) is 1. The highest BCUT2D eigenvalue weighted by atomic mass is 35.5. The summed E-state index contributed by atoms with van der Waals surface area (Å²) >= 11 is 12.5. The van der Waals surface area contributed by atoms with E-state index in [0.29, 0.717) is 14.2 Å². The number of hydrogen-bond acceptors (Lipinski definition) is 3. The first kappa shape index (κ1) is 10.5. The van der Waals surface area contributed by atoms with Gasteiger partial charge in [-0.15, -0.1) is 11.3 Å². The van der Waals surface area contributed by atoms with Crippen molar-refractivity contribution in [2.75, 3.05) is 0 Å². The maximum Gasteiger partial charge on any atom is 0.182 e. The lowest BCUT2D eigenvalue weighted by Crippen LogP contribution is -2.08. The van der Waals surface area contributed by atoms with Crippen molar-refractivity contribution in [2.45, 2.75) is 6.92 Å². The molecule has 1 unspecified atom stereocenters. The van der Waals surface area contributed by atoms with Crippen LogP contribution in [-0.4, -0.2) is 5.78 Å². The Balaban J connectivity index is 3.03. The summed E-state index contributed by atoms with van der Waals surface area (Å²) in [5.74, 6) is -0.959. The molecule has 0 saturated heterocycles. The second-order valence-electron chi connectivity index (χ2n) is 2.45. The van der Waals surface area contributed by atoms with Crippen LogP contribution in [0, 0.1) is 17.2 Å². The third-order valence-electron chi connectivity index (χ3n) is 1.51. The molecule has 0 radical (unpaired) electrons. The van der Waals surface area contributed by atoms with Gasteiger partial charge in [-0.1, -0.05) is 23.2 Å².